The van der Waals surface area contributed by atoms with Gasteiger partial charge in [-0.15, -0.1) is 0 Å². The van der Waals surface area contributed by atoms with Crippen molar-refractivity contribution in [1.29, 1.82) is 0 Å². The molecule has 0 spiro atoms. The fourth-order valence-corrected chi connectivity index (χ4v) is 11.4. The highest BCUT2D eigenvalue weighted by molar-refractivity contribution is 5.25. The van der Waals surface area contributed by atoms with Gasteiger partial charge in [-0.2, -0.15) is 0 Å². The molecule has 10 unspecified atom stereocenters. The number of fused-ring (bicyclic) bond motifs is 7. The Morgan fingerprint density at radius 1 is 0.667 bits per heavy atom. The summed E-state index contributed by atoms with van der Waals surface area (Å²) in [5.74, 6) is 0.857. The van der Waals surface area contributed by atoms with E-state index in [2.05, 4.69) is 55.4 Å². The standard InChI is InChI=1S/C30H52O3/c1-24(2)13-14-26(5)15-16-29(8)28(7)12-9-20-25(3,4)22(32)10-11-27(20,6)23(28)19(31)17-30(29,33)21(26)18-24/h19-23,31-33H,9-18H2,1-8H3. The summed E-state index contributed by atoms with van der Waals surface area (Å²) in [7, 11) is 0. The quantitative estimate of drug-likeness (QED) is 0.395. The smallest absolute Gasteiger partial charge is 0.0764 e. The molecular formula is C30H52O3. The molecule has 33 heavy (non-hydrogen) atoms. The molecule has 0 bridgehead atoms. The fourth-order valence-electron chi connectivity index (χ4n) is 11.4. The van der Waals surface area contributed by atoms with E-state index in [9.17, 15) is 15.3 Å². The first-order valence-corrected chi connectivity index (χ1v) is 14.1. The molecule has 0 aromatic heterocycles. The van der Waals surface area contributed by atoms with Gasteiger partial charge in [0.05, 0.1) is 17.8 Å². The average molecular weight is 461 g/mol. The second-order valence-electron chi connectivity index (χ2n) is 16.0. The Labute approximate surface area is 203 Å². The second kappa shape index (κ2) is 6.80. The highest BCUT2D eigenvalue weighted by atomic mass is 16.3. The molecule has 0 aromatic rings. The molecule has 0 aromatic carbocycles. The molecular weight excluding hydrogens is 408 g/mol. The maximum Gasteiger partial charge on any atom is 0.0764 e. The van der Waals surface area contributed by atoms with E-state index >= 15 is 0 Å². The van der Waals surface area contributed by atoms with Crippen LogP contribution in [0, 0.1) is 50.2 Å². The summed E-state index contributed by atoms with van der Waals surface area (Å²) >= 11 is 0. The number of aliphatic hydroxyl groups excluding tert-OH is 2. The monoisotopic (exact) mass is 460 g/mol. The maximum atomic E-state index is 12.8. The molecule has 3 heteroatoms. The van der Waals surface area contributed by atoms with Gasteiger partial charge in [-0.3, -0.25) is 0 Å². The summed E-state index contributed by atoms with van der Waals surface area (Å²) < 4.78 is 0. The van der Waals surface area contributed by atoms with Crippen LogP contribution < -0.4 is 0 Å². The zero-order valence-electron chi connectivity index (χ0n) is 22.8. The van der Waals surface area contributed by atoms with Crippen LogP contribution in [0.25, 0.3) is 0 Å². The predicted octanol–water partition coefficient (Wildman–Crippen LogP) is 6.33. The summed E-state index contributed by atoms with van der Waals surface area (Å²) in [5, 5.41) is 35.8. The molecule has 5 aliphatic rings. The zero-order chi connectivity index (χ0) is 24.5. The van der Waals surface area contributed by atoms with Gasteiger partial charge in [0.15, 0.2) is 0 Å². The topological polar surface area (TPSA) is 60.7 Å². The van der Waals surface area contributed by atoms with Crippen molar-refractivity contribution in [2.45, 2.75) is 137 Å². The van der Waals surface area contributed by atoms with Gasteiger partial charge in [0, 0.05) is 11.8 Å². The van der Waals surface area contributed by atoms with Crippen LogP contribution in [-0.2, 0) is 0 Å². The van der Waals surface area contributed by atoms with E-state index in [1.165, 1.54) is 19.3 Å². The van der Waals surface area contributed by atoms with Crippen LogP contribution in [0.15, 0.2) is 0 Å². The van der Waals surface area contributed by atoms with Gasteiger partial charge in [-0.1, -0.05) is 55.4 Å². The van der Waals surface area contributed by atoms with Crippen molar-refractivity contribution in [3.8, 4) is 0 Å². The first kappa shape index (κ1) is 24.6. The van der Waals surface area contributed by atoms with Crippen molar-refractivity contribution in [1.82, 2.24) is 0 Å². The number of rotatable bonds is 0. The molecule has 10 atom stereocenters. The summed E-state index contributed by atoms with van der Waals surface area (Å²) in [4.78, 5) is 0. The molecule has 3 N–H and O–H groups in total. The van der Waals surface area contributed by atoms with Crippen molar-refractivity contribution < 1.29 is 15.3 Å². The summed E-state index contributed by atoms with van der Waals surface area (Å²) in [6, 6.07) is 0. The largest absolute Gasteiger partial charge is 0.393 e. The minimum atomic E-state index is -0.810. The molecule has 190 valence electrons. The molecule has 5 saturated carbocycles. The normalized spacial score (nSPS) is 59.5. The van der Waals surface area contributed by atoms with Crippen LogP contribution in [0.2, 0.25) is 0 Å². The van der Waals surface area contributed by atoms with Crippen molar-refractivity contribution in [2.75, 3.05) is 0 Å². The fraction of sp³-hybridized carbons (Fsp3) is 1.00. The van der Waals surface area contributed by atoms with E-state index in [0.29, 0.717) is 12.3 Å². The predicted molar refractivity (Wildman–Crippen MR) is 134 cm³/mol. The van der Waals surface area contributed by atoms with Crippen molar-refractivity contribution in [3.05, 3.63) is 0 Å². The Morgan fingerprint density at radius 3 is 1.97 bits per heavy atom. The SMILES string of the molecule is CC1(C)CCC2(C)CCC3(C)C4(C)CCC5C(C)(C)C(O)CCC5(C)C4C(O)CC3(O)C2C1. The summed E-state index contributed by atoms with van der Waals surface area (Å²) in [6.07, 6.45) is 9.56. The highest BCUT2D eigenvalue weighted by Gasteiger charge is 2.76. The lowest BCUT2D eigenvalue weighted by atomic mass is 9.30. The average Bonchev–Trinajstić information content (AvgIpc) is 2.69. The Hall–Kier alpha value is -0.120. The maximum absolute atomic E-state index is 12.8. The third kappa shape index (κ3) is 2.85. The lowest BCUT2D eigenvalue weighted by Crippen LogP contribution is -2.76. The molecule has 0 saturated heterocycles. The first-order chi connectivity index (χ1) is 15.0. The van der Waals surface area contributed by atoms with Crippen LogP contribution in [0.5, 0.6) is 0 Å². The number of hydrogen-bond acceptors (Lipinski definition) is 3. The Bertz CT molecular complexity index is 819. The minimum Gasteiger partial charge on any atom is -0.393 e. The molecule has 0 aliphatic heterocycles. The van der Waals surface area contributed by atoms with Crippen molar-refractivity contribution >= 4 is 0 Å². The van der Waals surface area contributed by atoms with E-state index in [1.54, 1.807) is 0 Å². The van der Waals surface area contributed by atoms with Gasteiger partial charge in [-0.25, -0.2) is 0 Å². The first-order valence-electron chi connectivity index (χ1n) is 14.1. The molecule has 5 aliphatic carbocycles. The van der Waals surface area contributed by atoms with E-state index in [4.69, 9.17) is 0 Å². The van der Waals surface area contributed by atoms with Gasteiger partial charge < -0.3 is 15.3 Å². The third-order valence-corrected chi connectivity index (χ3v) is 13.7. The molecule has 0 radical (unpaired) electrons. The molecule has 0 heterocycles. The Kier molecular flexibility index (Phi) is 5.06. The van der Waals surface area contributed by atoms with E-state index in [0.717, 1.165) is 38.5 Å². The molecule has 5 rings (SSSR count). The van der Waals surface area contributed by atoms with Gasteiger partial charge in [-0.05, 0) is 103 Å². The summed E-state index contributed by atoms with van der Waals surface area (Å²) in [6.45, 7) is 19.0. The number of hydrogen-bond donors (Lipinski definition) is 3. The van der Waals surface area contributed by atoms with E-state index < -0.39 is 11.7 Å². The van der Waals surface area contributed by atoms with Gasteiger partial charge in [0.1, 0.15) is 0 Å². The zero-order valence-corrected chi connectivity index (χ0v) is 22.8. The Morgan fingerprint density at radius 2 is 1.30 bits per heavy atom. The highest BCUT2D eigenvalue weighted by Crippen LogP contribution is 2.77. The lowest BCUT2D eigenvalue weighted by Gasteiger charge is -2.76. The van der Waals surface area contributed by atoms with Gasteiger partial charge in [0.2, 0.25) is 0 Å². The minimum absolute atomic E-state index is 0.00602. The molecule has 3 nitrogen and oxygen atoms in total. The van der Waals surface area contributed by atoms with Crippen LogP contribution in [-0.4, -0.2) is 33.1 Å². The van der Waals surface area contributed by atoms with Crippen LogP contribution >= 0.6 is 0 Å². The van der Waals surface area contributed by atoms with Crippen LogP contribution in [0.3, 0.4) is 0 Å². The Balaban J connectivity index is 1.61. The van der Waals surface area contributed by atoms with Crippen molar-refractivity contribution in [2.24, 2.45) is 50.2 Å². The van der Waals surface area contributed by atoms with Gasteiger partial charge in [0.25, 0.3) is 0 Å². The molecule has 0 amide bonds. The summed E-state index contributed by atoms with van der Waals surface area (Å²) in [5.41, 5.74) is -0.761. The van der Waals surface area contributed by atoms with E-state index in [1.807, 2.05) is 0 Å². The lowest BCUT2D eigenvalue weighted by molar-refractivity contribution is -0.335. The second-order valence-corrected chi connectivity index (χ2v) is 16.0. The molecule has 5 fully saturated rings. The number of aliphatic hydroxyl groups is 3. The van der Waals surface area contributed by atoms with Crippen LogP contribution in [0.1, 0.15) is 120 Å². The van der Waals surface area contributed by atoms with Crippen molar-refractivity contribution in [3.63, 3.8) is 0 Å². The van der Waals surface area contributed by atoms with Crippen LogP contribution in [0.4, 0.5) is 0 Å². The third-order valence-electron chi connectivity index (χ3n) is 13.7. The van der Waals surface area contributed by atoms with E-state index in [-0.39, 0.29) is 50.4 Å². The van der Waals surface area contributed by atoms with Gasteiger partial charge >= 0.3 is 0 Å².